The Balaban J connectivity index is 1.93. The summed E-state index contributed by atoms with van der Waals surface area (Å²) in [5.41, 5.74) is 3.99. The van der Waals surface area contributed by atoms with Crippen molar-refractivity contribution in [2.45, 2.75) is 45.1 Å². The van der Waals surface area contributed by atoms with Crippen molar-refractivity contribution in [3.63, 3.8) is 0 Å². The Morgan fingerprint density at radius 2 is 2.30 bits per heavy atom. The smallest absolute Gasteiger partial charge is 0.0809 e. The van der Waals surface area contributed by atoms with Crippen LogP contribution in [0, 0.1) is 0 Å². The molecule has 1 N–H and O–H groups in total. The van der Waals surface area contributed by atoms with Crippen LogP contribution in [0.5, 0.6) is 0 Å². The first-order valence-electron chi connectivity index (χ1n) is 7.64. The molecule has 0 amide bonds. The Bertz CT molecular complexity index is 600. The largest absolute Gasteiger partial charge is 0.307 e. The van der Waals surface area contributed by atoms with Crippen LogP contribution in [-0.2, 0) is 0 Å². The molecule has 3 heteroatoms. The number of hydrogen-bond acceptors (Lipinski definition) is 3. The van der Waals surface area contributed by atoms with Gasteiger partial charge in [-0.05, 0) is 55.3 Å². The van der Waals surface area contributed by atoms with E-state index in [4.69, 9.17) is 0 Å². The third-order valence-corrected chi connectivity index (χ3v) is 4.87. The molecule has 0 spiro atoms. The number of nitrogens with zero attached hydrogens (tertiary/aromatic N) is 1. The Kier molecular flexibility index (Phi) is 4.48. The molecular weight excluding hydrogens is 264 g/mol. The molecular formula is C17H22N2S. The summed E-state index contributed by atoms with van der Waals surface area (Å²) >= 11 is 1.78. The van der Waals surface area contributed by atoms with Crippen LogP contribution in [0.25, 0.3) is 10.2 Å². The van der Waals surface area contributed by atoms with E-state index in [2.05, 4.69) is 40.8 Å². The van der Waals surface area contributed by atoms with Gasteiger partial charge in [-0.25, -0.2) is 0 Å². The minimum atomic E-state index is 0.345. The number of fused-ring (bicyclic) bond motifs is 1. The summed E-state index contributed by atoms with van der Waals surface area (Å²) in [6.45, 7) is 3.17. The lowest BCUT2D eigenvalue weighted by molar-refractivity contribution is 0.589. The van der Waals surface area contributed by atoms with Crippen molar-refractivity contribution in [2.24, 2.45) is 0 Å². The molecule has 0 aromatic carbocycles. The Hall–Kier alpha value is -1.19. The standard InChI is InChI=1S/C17H22N2S/c1-2-18-17(13-7-5-3-4-6-8-13)14-11-16-15(19-12-14)9-10-20-16/h7,9-12,17-18H,2-6,8H2,1H3. The molecule has 2 nitrogen and oxygen atoms in total. The summed E-state index contributed by atoms with van der Waals surface area (Å²) in [6.07, 6.45) is 11.0. The first kappa shape index (κ1) is 13.8. The second kappa shape index (κ2) is 6.51. The molecule has 0 saturated heterocycles. The van der Waals surface area contributed by atoms with Gasteiger partial charge in [-0.1, -0.05) is 25.0 Å². The van der Waals surface area contributed by atoms with Crippen molar-refractivity contribution in [1.29, 1.82) is 0 Å². The molecule has 106 valence electrons. The van der Waals surface area contributed by atoms with Crippen LogP contribution in [0.4, 0.5) is 0 Å². The van der Waals surface area contributed by atoms with E-state index in [1.807, 2.05) is 6.20 Å². The number of thiophene rings is 1. The van der Waals surface area contributed by atoms with Gasteiger partial charge in [-0.3, -0.25) is 4.98 Å². The van der Waals surface area contributed by atoms with Crippen LogP contribution < -0.4 is 5.32 Å². The van der Waals surface area contributed by atoms with Gasteiger partial charge in [0.05, 0.1) is 16.3 Å². The minimum Gasteiger partial charge on any atom is -0.307 e. The first-order valence-corrected chi connectivity index (χ1v) is 8.52. The van der Waals surface area contributed by atoms with Crippen LogP contribution in [0.2, 0.25) is 0 Å². The molecule has 2 aromatic heterocycles. The maximum absolute atomic E-state index is 4.61. The molecule has 0 fully saturated rings. The van der Waals surface area contributed by atoms with Crippen LogP contribution >= 0.6 is 11.3 Å². The highest BCUT2D eigenvalue weighted by Gasteiger charge is 2.17. The number of likely N-dealkylation sites (N-methyl/N-ethyl adjacent to an activating group) is 1. The molecule has 0 radical (unpaired) electrons. The topological polar surface area (TPSA) is 24.9 Å². The van der Waals surface area contributed by atoms with Gasteiger partial charge in [0.1, 0.15) is 0 Å². The zero-order valence-corrected chi connectivity index (χ0v) is 12.9. The van der Waals surface area contributed by atoms with Gasteiger partial charge in [0.25, 0.3) is 0 Å². The fraction of sp³-hybridized carbons (Fsp3) is 0.471. The van der Waals surface area contributed by atoms with Gasteiger partial charge >= 0.3 is 0 Å². The lowest BCUT2D eigenvalue weighted by Gasteiger charge is -2.21. The Labute approximate surface area is 124 Å². The van der Waals surface area contributed by atoms with E-state index >= 15 is 0 Å². The lowest BCUT2D eigenvalue weighted by Crippen LogP contribution is -2.23. The summed E-state index contributed by atoms with van der Waals surface area (Å²) in [7, 11) is 0. The number of aromatic nitrogens is 1. The molecule has 1 atom stereocenters. The number of allylic oxidation sites excluding steroid dienone is 1. The first-order chi connectivity index (χ1) is 9.88. The number of nitrogens with one attached hydrogen (secondary N) is 1. The normalized spacial score (nSPS) is 17.8. The average Bonchev–Trinajstić information content (AvgIpc) is 2.77. The van der Waals surface area contributed by atoms with Gasteiger partial charge < -0.3 is 5.32 Å². The highest BCUT2D eigenvalue weighted by molar-refractivity contribution is 7.17. The molecule has 0 saturated carbocycles. The Morgan fingerprint density at radius 3 is 3.20 bits per heavy atom. The highest BCUT2D eigenvalue weighted by atomic mass is 32.1. The average molecular weight is 286 g/mol. The molecule has 0 bridgehead atoms. The van der Waals surface area contributed by atoms with Gasteiger partial charge in [-0.15, -0.1) is 11.3 Å². The Morgan fingerprint density at radius 1 is 1.35 bits per heavy atom. The quantitative estimate of drug-likeness (QED) is 0.814. The second-order valence-corrected chi connectivity index (χ2v) is 6.39. The van der Waals surface area contributed by atoms with Crippen molar-refractivity contribution in [3.05, 3.63) is 40.9 Å². The molecule has 2 heterocycles. The van der Waals surface area contributed by atoms with Crippen molar-refractivity contribution in [1.82, 2.24) is 10.3 Å². The van der Waals surface area contributed by atoms with Crippen molar-refractivity contribution in [2.75, 3.05) is 6.54 Å². The van der Waals surface area contributed by atoms with E-state index in [-0.39, 0.29) is 0 Å². The van der Waals surface area contributed by atoms with Crippen LogP contribution in [-0.4, -0.2) is 11.5 Å². The monoisotopic (exact) mass is 286 g/mol. The highest BCUT2D eigenvalue weighted by Crippen LogP contribution is 2.31. The van der Waals surface area contributed by atoms with Gasteiger partial charge in [0.2, 0.25) is 0 Å². The summed E-state index contributed by atoms with van der Waals surface area (Å²) < 4.78 is 1.29. The number of hydrogen-bond donors (Lipinski definition) is 1. The summed E-state index contributed by atoms with van der Waals surface area (Å²) in [6, 6.07) is 4.75. The van der Waals surface area contributed by atoms with Crippen molar-refractivity contribution < 1.29 is 0 Å². The number of rotatable bonds is 4. The molecule has 20 heavy (non-hydrogen) atoms. The number of pyridine rings is 1. The zero-order chi connectivity index (χ0) is 13.8. The van der Waals surface area contributed by atoms with Gasteiger partial charge in [0.15, 0.2) is 0 Å². The molecule has 0 aliphatic heterocycles. The van der Waals surface area contributed by atoms with Crippen LogP contribution in [0.15, 0.2) is 35.4 Å². The van der Waals surface area contributed by atoms with E-state index in [0.29, 0.717) is 6.04 Å². The lowest BCUT2D eigenvalue weighted by atomic mass is 9.96. The predicted octanol–water partition coefficient (Wildman–Crippen LogP) is 4.84. The van der Waals surface area contributed by atoms with Gasteiger partial charge in [-0.2, -0.15) is 0 Å². The molecule has 3 rings (SSSR count). The maximum Gasteiger partial charge on any atom is 0.0809 e. The van der Waals surface area contributed by atoms with E-state index in [0.717, 1.165) is 12.1 Å². The molecule has 1 aliphatic rings. The van der Waals surface area contributed by atoms with Crippen molar-refractivity contribution in [3.8, 4) is 0 Å². The van der Waals surface area contributed by atoms with E-state index in [1.165, 1.54) is 42.4 Å². The summed E-state index contributed by atoms with van der Waals surface area (Å²) in [4.78, 5) is 4.61. The molecule has 1 unspecified atom stereocenters. The SMILES string of the molecule is CCNC(C1=CCCCCC1)c1cnc2ccsc2c1. The van der Waals surface area contributed by atoms with Gasteiger partial charge in [0, 0.05) is 6.20 Å². The zero-order valence-electron chi connectivity index (χ0n) is 12.1. The summed E-state index contributed by atoms with van der Waals surface area (Å²) in [5, 5.41) is 5.77. The maximum atomic E-state index is 4.61. The van der Waals surface area contributed by atoms with Crippen LogP contribution in [0.1, 0.15) is 50.6 Å². The fourth-order valence-electron chi connectivity index (χ4n) is 2.99. The second-order valence-electron chi connectivity index (χ2n) is 5.44. The van der Waals surface area contributed by atoms with Crippen LogP contribution in [0.3, 0.4) is 0 Å². The molecule has 2 aromatic rings. The third-order valence-electron chi connectivity index (χ3n) is 4.01. The molecule has 1 aliphatic carbocycles. The predicted molar refractivity (Wildman–Crippen MR) is 87.2 cm³/mol. The fourth-order valence-corrected chi connectivity index (χ4v) is 3.78. The van der Waals surface area contributed by atoms with E-state index in [9.17, 15) is 0 Å². The van der Waals surface area contributed by atoms with Crippen molar-refractivity contribution >= 4 is 21.6 Å². The van der Waals surface area contributed by atoms with E-state index < -0.39 is 0 Å². The third kappa shape index (κ3) is 2.94. The summed E-state index contributed by atoms with van der Waals surface area (Å²) in [5.74, 6) is 0. The van der Waals surface area contributed by atoms with E-state index in [1.54, 1.807) is 16.9 Å². The minimum absolute atomic E-state index is 0.345.